The van der Waals surface area contributed by atoms with E-state index in [9.17, 15) is 4.79 Å². The smallest absolute Gasteiger partial charge is 0.247 e. The van der Waals surface area contributed by atoms with Crippen LogP contribution >= 0.6 is 31.9 Å². The highest BCUT2D eigenvalue weighted by Crippen LogP contribution is 2.43. The van der Waals surface area contributed by atoms with Crippen LogP contribution in [0.1, 0.15) is 23.1 Å². The van der Waals surface area contributed by atoms with Crippen LogP contribution in [-0.2, 0) is 23.3 Å². The summed E-state index contributed by atoms with van der Waals surface area (Å²) in [5.41, 5.74) is 3.08. The lowest BCUT2D eigenvalue weighted by Crippen LogP contribution is -2.60. The van der Waals surface area contributed by atoms with Crippen LogP contribution in [0.5, 0.6) is 0 Å². The van der Waals surface area contributed by atoms with Gasteiger partial charge in [-0.1, -0.05) is 56.1 Å². The molecule has 0 spiro atoms. The monoisotopic (exact) mass is 505 g/mol. The van der Waals surface area contributed by atoms with E-state index in [0.29, 0.717) is 6.54 Å². The number of piperazine rings is 1. The molecule has 0 unspecified atom stereocenters. The van der Waals surface area contributed by atoms with Crippen molar-refractivity contribution in [2.24, 2.45) is 0 Å². The third-order valence-corrected chi connectivity index (χ3v) is 6.83. The van der Waals surface area contributed by atoms with Crippen molar-refractivity contribution >= 4 is 37.8 Å². The predicted octanol–water partition coefficient (Wildman–Crippen LogP) is 3.92. The Morgan fingerprint density at radius 2 is 1.82 bits per heavy atom. The van der Waals surface area contributed by atoms with E-state index in [1.165, 1.54) is 11.1 Å². The fourth-order valence-corrected chi connectivity index (χ4v) is 6.08. The maximum absolute atomic E-state index is 13.9. The first-order valence-corrected chi connectivity index (χ1v) is 11.3. The van der Waals surface area contributed by atoms with Gasteiger partial charge in [0.25, 0.3) is 0 Å². The van der Waals surface area contributed by atoms with Crippen LogP contribution in [0.25, 0.3) is 0 Å². The molecule has 1 atom stereocenters. The van der Waals surface area contributed by atoms with Gasteiger partial charge in [-0.05, 0) is 47.7 Å². The van der Waals surface area contributed by atoms with Crippen molar-refractivity contribution < 1.29 is 4.79 Å². The number of fused-ring (bicyclic) bond motifs is 1. The zero-order chi connectivity index (χ0) is 19.7. The number of hydrogen-bond acceptors (Lipinski definition) is 3. The number of amides is 1. The molecule has 2 aliphatic rings. The summed E-state index contributed by atoms with van der Waals surface area (Å²) < 4.78 is 2.03. The maximum atomic E-state index is 13.9. The third kappa shape index (κ3) is 3.67. The summed E-state index contributed by atoms with van der Waals surface area (Å²) in [6.07, 6.45) is 1.82. The number of carbonyl (C=O) groups is 1. The van der Waals surface area contributed by atoms with E-state index in [2.05, 4.69) is 78.5 Å². The van der Waals surface area contributed by atoms with E-state index in [-0.39, 0.29) is 5.91 Å². The molecule has 2 aromatic rings. The third-order valence-electron chi connectivity index (χ3n) is 5.92. The van der Waals surface area contributed by atoms with E-state index in [4.69, 9.17) is 0 Å². The van der Waals surface area contributed by atoms with Crippen LogP contribution in [0.3, 0.4) is 0 Å². The molecule has 28 heavy (non-hydrogen) atoms. The summed E-state index contributed by atoms with van der Waals surface area (Å²) in [6.45, 7) is 4.25. The molecule has 1 fully saturated rings. The Morgan fingerprint density at radius 3 is 2.54 bits per heavy atom. The van der Waals surface area contributed by atoms with Crippen LogP contribution in [-0.4, -0.2) is 48.9 Å². The van der Waals surface area contributed by atoms with Crippen molar-refractivity contribution in [3.63, 3.8) is 0 Å². The first kappa shape index (κ1) is 20.1. The molecular formula is C22H25Br2N3O. The number of benzene rings is 2. The molecule has 6 heteroatoms. The Kier molecular flexibility index (Phi) is 5.93. The molecule has 1 saturated heterocycles. The lowest BCUT2D eigenvalue weighted by Gasteiger charge is -2.44. The number of hydrogen-bond donors (Lipinski definition) is 1. The fourth-order valence-electron chi connectivity index (χ4n) is 4.69. The van der Waals surface area contributed by atoms with Crippen LogP contribution < -0.4 is 5.32 Å². The second-order valence-corrected chi connectivity index (χ2v) is 9.52. The number of halogens is 2. The number of rotatable bonds is 4. The average Bonchev–Trinajstić information content (AvgIpc) is 3.08. The normalized spacial score (nSPS) is 22.1. The van der Waals surface area contributed by atoms with Gasteiger partial charge in [0.2, 0.25) is 5.91 Å². The summed E-state index contributed by atoms with van der Waals surface area (Å²) in [5.74, 6) is 0.204. The van der Waals surface area contributed by atoms with Gasteiger partial charge in [-0.3, -0.25) is 9.69 Å². The molecule has 1 amide bonds. The number of nitrogens with one attached hydrogen (secondary N) is 1. The Bertz CT molecular complexity index is 862. The van der Waals surface area contributed by atoms with Crippen molar-refractivity contribution in [2.75, 3.05) is 33.2 Å². The molecule has 2 aromatic carbocycles. The quantitative estimate of drug-likeness (QED) is 0.682. The van der Waals surface area contributed by atoms with Gasteiger partial charge in [0, 0.05) is 48.7 Å². The van der Waals surface area contributed by atoms with Crippen molar-refractivity contribution in [3.8, 4) is 0 Å². The number of likely N-dealkylation sites (N-methyl/N-ethyl adjacent to an activating group) is 1. The van der Waals surface area contributed by atoms with E-state index >= 15 is 0 Å². The Labute approximate surface area is 183 Å². The topological polar surface area (TPSA) is 35.6 Å². The molecule has 0 aromatic heterocycles. The zero-order valence-electron chi connectivity index (χ0n) is 16.0. The summed E-state index contributed by atoms with van der Waals surface area (Å²) in [7, 11) is 1.93. The molecule has 0 bridgehead atoms. The fraction of sp³-hybridized carbons (Fsp3) is 0.409. The second kappa shape index (κ2) is 8.27. The molecule has 4 nitrogen and oxygen atoms in total. The highest BCUT2D eigenvalue weighted by atomic mass is 79.9. The molecule has 1 N–H and O–H groups in total. The van der Waals surface area contributed by atoms with Crippen molar-refractivity contribution in [3.05, 3.63) is 68.1 Å². The van der Waals surface area contributed by atoms with E-state index in [1.807, 2.05) is 18.0 Å². The summed E-state index contributed by atoms with van der Waals surface area (Å²) in [5, 5.41) is 3.42. The Morgan fingerprint density at radius 1 is 1.14 bits per heavy atom. The molecule has 1 aliphatic heterocycles. The first-order chi connectivity index (χ1) is 13.5. The number of carbonyl (C=O) groups excluding carboxylic acids is 1. The SMILES string of the molecule is CN(Cc1cc(Br)cc(Br)c1)C(=O)[C@]1(N2CCNCC2)CCc2ccccc21. The standard InChI is InChI=1S/C22H25Br2N3O/c1-26(15-16-12-18(23)14-19(24)13-16)21(28)22(27-10-8-25-9-11-27)7-6-17-4-2-3-5-20(17)22/h2-5,12-14,25H,6-11,15H2,1H3/t22-/m0/s1. The van der Waals surface area contributed by atoms with Gasteiger partial charge >= 0.3 is 0 Å². The highest BCUT2D eigenvalue weighted by molar-refractivity contribution is 9.11. The summed E-state index contributed by atoms with van der Waals surface area (Å²) in [4.78, 5) is 18.3. The van der Waals surface area contributed by atoms with Crippen molar-refractivity contribution in [1.29, 1.82) is 0 Å². The van der Waals surface area contributed by atoms with Gasteiger partial charge in [-0.15, -0.1) is 0 Å². The van der Waals surface area contributed by atoms with Gasteiger partial charge in [0.05, 0.1) is 0 Å². The van der Waals surface area contributed by atoms with Gasteiger partial charge in [-0.25, -0.2) is 0 Å². The minimum Gasteiger partial charge on any atom is -0.340 e. The van der Waals surface area contributed by atoms with E-state index < -0.39 is 5.54 Å². The minimum atomic E-state index is -0.545. The van der Waals surface area contributed by atoms with Crippen LogP contribution in [0.4, 0.5) is 0 Å². The summed E-state index contributed by atoms with van der Waals surface area (Å²) in [6, 6.07) is 14.7. The van der Waals surface area contributed by atoms with E-state index in [1.54, 1.807) is 0 Å². The van der Waals surface area contributed by atoms with Crippen molar-refractivity contribution in [2.45, 2.75) is 24.9 Å². The maximum Gasteiger partial charge on any atom is 0.247 e. The largest absolute Gasteiger partial charge is 0.340 e. The predicted molar refractivity (Wildman–Crippen MR) is 119 cm³/mol. The number of aryl methyl sites for hydroxylation is 1. The number of nitrogens with zero attached hydrogens (tertiary/aromatic N) is 2. The average molecular weight is 507 g/mol. The van der Waals surface area contributed by atoms with E-state index in [0.717, 1.165) is 53.5 Å². The minimum absolute atomic E-state index is 0.204. The van der Waals surface area contributed by atoms with Gasteiger partial charge in [0.15, 0.2) is 0 Å². The lowest BCUT2D eigenvalue weighted by molar-refractivity contribution is -0.145. The molecule has 4 rings (SSSR count). The molecule has 0 radical (unpaired) electrons. The van der Waals surface area contributed by atoms with Crippen LogP contribution in [0.2, 0.25) is 0 Å². The Balaban J connectivity index is 1.68. The summed E-state index contributed by atoms with van der Waals surface area (Å²) >= 11 is 7.10. The van der Waals surface area contributed by atoms with Crippen molar-refractivity contribution in [1.82, 2.24) is 15.1 Å². The van der Waals surface area contributed by atoms with Crippen LogP contribution in [0.15, 0.2) is 51.4 Å². The Hall–Kier alpha value is -1.21. The van der Waals surface area contributed by atoms with Gasteiger partial charge < -0.3 is 10.2 Å². The molecule has 1 heterocycles. The van der Waals surface area contributed by atoms with Gasteiger partial charge in [0.1, 0.15) is 5.54 Å². The van der Waals surface area contributed by atoms with Gasteiger partial charge in [-0.2, -0.15) is 0 Å². The second-order valence-electron chi connectivity index (χ2n) is 7.69. The molecular weight excluding hydrogens is 482 g/mol. The lowest BCUT2D eigenvalue weighted by atomic mass is 9.87. The highest BCUT2D eigenvalue weighted by Gasteiger charge is 2.50. The van der Waals surface area contributed by atoms with Crippen LogP contribution in [0, 0.1) is 0 Å². The molecule has 148 valence electrons. The molecule has 0 saturated carbocycles. The first-order valence-electron chi connectivity index (χ1n) is 9.75. The molecule has 1 aliphatic carbocycles. The zero-order valence-corrected chi connectivity index (χ0v) is 19.2.